The summed E-state index contributed by atoms with van der Waals surface area (Å²) in [5, 5.41) is 8.28. The lowest BCUT2D eigenvalue weighted by Gasteiger charge is -2.30. The van der Waals surface area contributed by atoms with Crippen LogP contribution < -0.4 is 10.5 Å². The van der Waals surface area contributed by atoms with Crippen molar-refractivity contribution in [3.05, 3.63) is 51.9 Å². The molecule has 7 nitrogen and oxygen atoms in total. The summed E-state index contributed by atoms with van der Waals surface area (Å²) in [6.45, 7) is 3.50. The molecule has 1 saturated heterocycles. The van der Waals surface area contributed by atoms with Crippen LogP contribution in [0.15, 0.2) is 35.1 Å². The van der Waals surface area contributed by atoms with Crippen LogP contribution in [-0.4, -0.2) is 40.8 Å². The average molecular weight is 342 g/mol. The first kappa shape index (κ1) is 17.1. The molecule has 0 amide bonds. The molecular formula is C18H22N4O3. The van der Waals surface area contributed by atoms with Gasteiger partial charge >= 0.3 is 5.97 Å². The Bertz CT molecular complexity index is 767. The van der Waals surface area contributed by atoms with Crippen molar-refractivity contribution in [3.8, 4) is 0 Å². The number of aromatic nitrogens is 3. The predicted octanol–water partition coefficient (Wildman–Crippen LogP) is 1.54. The van der Waals surface area contributed by atoms with E-state index < -0.39 is 0 Å². The summed E-state index contributed by atoms with van der Waals surface area (Å²) in [5.41, 5.74) is 1.20. The summed E-state index contributed by atoms with van der Waals surface area (Å²) in [5.74, 6) is 0.247. The highest BCUT2D eigenvalue weighted by Gasteiger charge is 2.27. The SMILES string of the molecule is CCOC(=O)C1CCN(c2nnc(Cc3ccccc3)c(=O)[nH]2)CC1. The molecule has 0 bridgehead atoms. The van der Waals surface area contributed by atoms with Gasteiger partial charge in [0.25, 0.3) is 5.56 Å². The molecule has 0 spiro atoms. The van der Waals surface area contributed by atoms with Crippen molar-refractivity contribution in [3.63, 3.8) is 0 Å². The van der Waals surface area contributed by atoms with E-state index in [0.717, 1.165) is 5.56 Å². The number of carbonyl (C=O) groups is 1. The van der Waals surface area contributed by atoms with Crippen LogP contribution >= 0.6 is 0 Å². The van der Waals surface area contributed by atoms with Gasteiger partial charge in [0.1, 0.15) is 5.69 Å². The molecule has 0 atom stereocenters. The highest BCUT2D eigenvalue weighted by Crippen LogP contribution is 2.21. The molecule has 1 aromatic carbocycles. The fraction of sp³-hybridized carbons (Fsp3) is 0.444. The first-order valence-electron chi connectivity index (χ1n) is 8.58. The zero-order valence-electron chi connectivity index (χ0n) is 14.3. The molecule has 1 fully saturated rings. The molecule has 1 aliphatic rings. The summed E-state index contributed by atoms with van der Waals surface area (Å²) in [6.07, 6.45) is 1.83. The minimum Gasteiger partial charge on any atom is -0.466 e. The standard InChI is InChI=1S/C18H22N4O3/c1-2-25-17(24)14-8-10-22(11-9-14)18-19-16(23)15(20-21-18)12-13-6-4-3-5-7-13/h3-7,14H,2,8-12H2,1H3,(H,19,21,23). The summed E-state index contributed by atoms with van der Waals surface area (Å²) < 4.78 is 5.07. The molecule has 1 aliphatic heterocycles. The number of nitrogens with one attached hydrogen (secondary N) is 1. The number of carbonyl (C=O) groups excluding carboxylic acids is 1. The Labute approximate surface area is 146 Å². The Morgan fingerprint density at radius 2 is 1.96 bits per heavy atom. The molecule has 132 valence electrons. The van der Waals surface area contributed by atoms with Gasteiger partial charge in [-0.05, 0) is 25.3 Å². The zero-order valence-corrected chi connectivity index (χ0v) is 14.3. The van der Waals surface area contributed by atoms with E-state index in [1.807, 2.05) is 42.2 Å². The summed E-state index contributed by atoms with van der Waals surface area (Å²) in [7, 11) is 0. The molecule has 2 aromatic rings. The van der Waals surface area contributed by atoms with Crippen LogP contribution in [0.3, 0.4) is 0 Å². The van der Waals surface area contributed by atoms with E-state index in [4.69, 9.17) is 4.74 Å². The van der Waals surface area contributed by atoms with Crippen molar-refractivity contribution in [1.29, 1.82) is 0 Å². The molecule has 1 aromatic heterocycles. The third-order valence-corrected chi connectivity index (χ3v) is 4.38. The van der Waals surface area contributed by atoms with Gasteiger partial charge in [0.2, 0.25) is 5.95 Å². The summed E-state index contributed by atoms with van der Waals surface area (Å²) >= 11 is 0. The second-order valence-electron chi connectivity index (χ2n) is 6.10. The monoisotopic (exact) mass is 342 g/mol. The summed E-state index contributed by atoms with van der Waals surface area (Å²) in [4.78, 5) is 28.8. The fourth-order valence-corrected chi connectivity index (χ4v) is 2.99. The van der Waals surface area contributed by atoms with Crippen molar-refractivity contribution >= 4 is 11.9 Å². The van der Waals surface area contributed by atoms with E-state index in [0.29, 0.717) is 50.6 Å². The Morgan fingerprint density at radius 3 is 2.60 bits per heavy atom. The van der Waals surface area contributed by atoms with Crippen molar-refractivity contribution in [1.82, 2.24) is 15.2 Å². The van der Waals surface area contributed by atoms with E-state index >= 15 is 0 Å². The largest absolute Gasteiger partial charge is 0.466 e. The Morgan fingerprint density at radius 1 is 1.24 bits per heavy atom. The Hall–Kier alpha value is -2.70. The first-order chi connectivity index (χ1) is 12.2. The first-order valence-corrected chi connectivity index (χ1v) is 8.58. The minimum atomic E-state index is -0.221. The third kappa shape index (κ3) is 4.23. The number of rotatable bonds is 5. The van der Waals surface area contributed by atoms with Gasteiger partial charge in [-0.15, -0.1) is 10.2 Å². The van der Waals surface area contributed by atoms with Crippen LogP contribution in [0, 0.1) is 5.92 Å². The maximum atomic E-state index is 12.3. The topological polar surface area (TPSA) is 88.2 Å². The average Bonchev–Trinajstić information content (AvgIpc) is 2.64. The van der Waals surface area contributed by atoms with E-state index in [-0.39, 0.29) is 17.4 Å². The third-order valence-electron chi connectivity index (χ3n) is 4.38. The number of ether oxygens (including phenoxy) is 1. The van der Waals surface area contributed by atoms with Gasteiger partial charge in [-0.3, -0.25) is 14.6 Å². The van der Waals surface area contributed by atoms with E-state index in [1.54, 1.807) is 0 Å². The number of esters is 1. The van der Waals surface area contributed by atoms with Gasteiger partial charge in [0, 0.05) is 19.5 Å². The minimum absolute atomic E-state index is 0.0757. The number of nitrogens with zero attached hydrogens (tertiary/aromatic N) is 3. The van der Waals surface area contributed by atoms with E-state index in [1.165, 1.54) is 0 Å². The smallest absolute Gasteiger partial charge is 0.309 e. The highest BCUT2D eigenvalue weighted by atomic mass is 16.5. The van der Waals surface area contributed by atoms with Crippen LogP contribution in [-0.2, 0) is 16.0 Å². The molecule has 0 radical (unpaired) electrons. The number of anilines is 1. The molecular weight excluding hydrogens is 320 g/mol. The lowest BCUT2D eigenvalue weighted by atomic mass is 9.97. The Kier molecular flexibility index (Phi) is 5.42. The lowest BCUT2D eigenvalue weighted by Crippen LogP contribution is -2.39. The number of piperidine rings is 1. The van der Waals surface area contributed by atoms with Crippen molar-refractivity contribution < 1.29 is 9.53 Å². The van der Waals surface area contributed by atoms with Crippen molar-refractivity contribution in [2.24, 2.45) is 5.92 Å². The maximum absolute atomic E-state index is 12.3. The van der Waals surface area contributed by atoms with Gasteiger partial charge < -0.3 is 9.64 Å². The van der Waals surface area contributed by atoms with Crippen LogP contribution in [0.25, 0.3) is 0 Å². The van der Waals surface area contributed by atoms with Crippen LogP contribution in [0.2, 0.25) is 0 Å². The fourth-order valence-electron chi connectivity index (χ4n) is 2.99. The normalized spacial score (nSPS) is 15.2. The van der Waals surface area contributed by atoms with Gasteiger partial charge in [0.15, 0.2) is 0 Å². The van der Waals surface area contributed by atoms with Gasteiger partial charge in [-0.25, -0.2) is 0 Å². The van der Waals surface area contributed by atoms with Crippen LogP contribution in [0.1, 0.15) is 31.0 Å². The summed E-state index contributed by atoms with van der Waals surface area (Å²) in [6, 6.07) is 9.70. The zero-order chi connectivity index (χ0) is 17.6. The molecule has 2 heterocycles. The predicted molar refractivity (Wildman–Crippen MR) is 93.5 cm³/mol. The van der Waals surface area contributed by atoms with Gasteiger partial charge in [-0.2, -0.15) is 0 Å². The molecule has 0 aliphatic carbocycles. The number of aromatic amines is 1. The number of hydrogen-bond donors (Lipinski definition) is 1. The second-order valence-corrected chi connectivity index (χ2v) is 6.10. The molecule has 25 heavy (non-hydrogen) atoms. The van der Waals surface area contributed by atoms with E-state index in [2.05, 4.69) is 15.2 Å². The number of H-pyrrole nitrogens is 1. The number of benzene rings is 1. The van der Waals surface area contributed by atoms with Crippen molar-refractivity contribution in [2.45, 2.75) is 26.2 Å². The van der Waals surface area contributed by atoms with E-state index in [9.17, 15) is 9.59 Å². The molecule has 1 N–H and O–H groups in total. The van der Waals surface area contributed by atoms with Crippen molar-refractivity contribution in [2.75, 3.05) is 24.6 Å². The maximum Gasteiger partial charge on any atom is 0.309 e. The second kappa shape index (κ2) is 7.92. The molecule has 0 unspecified atom stereocenters. The quantitative estimate of drug-likeness (QED) is 0.829. The molecule has 7 heteroatoms. The van der Waals surface area contributed by atoms with Gasteiger partial charge in [-0.1, -0.05) is 30.3 Å². The van der Waals surface area contributed by atoms with Crippen LogP contribution in [0.5, 0.6) is 0 Å². The molecule has 3 rings (SSSR count). The molecule has 0 saturated carbocycles. The van der Waals surface area contributed by atoms with Gasteiger partial charge in [0.05, 0.1) is 12.5 Å². The Balaban J connectivity index is 1.64. The lowest BCUT2D eigenvalue weighted by molar-refractivity contribution is -0.148. The number of hydrogen-bond acceptors (Lipinski definition) is 6. The highest BCUT2D eigenvalue weighted by molar-refractivity contribution is 5.72. The van der Waals surface area contributed by atoms with Crippen LogP contribution in [0.4, 0.5) is 5.95 Å².